The maximum absolute atomic E-state index is 12.3. The Labute approximate surface area is 161 Å². The lowest BCUT2D eigenvalue weighted by Gasteiger charge is -2.60. The molecule has 0 heterocycles. The molecule has 1 aromatic rings. The Morgan fingerprint density at radius 3 is 2.42 bits per heavy atom. The zero-order valence-electron chi connectivity index (χ0n) is 14.7. The van der Waals surface area contributed by atoms with Crippen molar-refractivity contribution < 1.29 is 19.4 Å². The summed E-state index contributed by atoms with van der Waals surface area (Å²) in [5, 5.41) is 13.5. The van der Waals surface area contributed by atoms with Gasteiger partial charge < -0.3 is 15.2 Å². The van der Waals surface area contributed by atoms with Crippen molar-refractivity contribution in [1.29, 1.82) is 0 Å². The summed E-state index contributed by atoms with van der Waals surface area (Å²) in [6, 6.07) is 7.22. The van der Waals surface area contributed by atoms with Gasteiger partial charge in [0, 0.05) is 10.2 Å². The number of hydrogen-bond donors (Lipinski definition) is 2. The minimum Gasteiger partial charge on any atom is -0.456 e. The number of carbonyl (C=O) groups is 2. The van der Waals surface area contributed by atoms with E-state index in [1.807, 2.05) is 12.1 Å². The molecule has 0 spiro atoms. The van der Waals surface area contributed by atoms with Crippen LogP contribution in [0.1, 0.15) is 44.9 Å². The first-order chi connectivity index (χ1) is 12.3. The first-order valence-electron chi connectivity index (χ1n) is 9.27. The monoisotopic (exact) mass is 421 g/mol. The molecule has 0 aromatic heterocycles. The van der Waals surface area contributed by atoms with Crippen LogP contribution in [0, 0.1) is 17.3 Å². The maximum Gasteiger partial charge on any atom is 0.306 e. The van der Waals surface area contributed by atoms with Crippen molar-refractivity contribution in [2.75, 3.05) is 11.9 Å². The van der Waals surface area contributed by atoms with Crippen LogP contribution in [0.2, 0.25) is 0 Å². The molecule has 140 valence electrons. The molecule has 4 atom stereocenters. The van der Waals surface area contributed by atoms with Crippen LogP contribution < -0.4 is 5.32 Å². The highest BCUT2D eigenvalue weighted by Crippen LogP contribution is 2.62. The Hall–Kier alpha value is -1.40. The van der Waals surface area contributed by atoms with Gasteiger partial charge in [-0.05, 0) is 80.0 Å². The Balaban J connectivity index is 1.29. The van der Waals surface area contributed by atoms with Crippen LogP contribution >= 0.6 is 15.9 Å². The molecule has 1 aromatic carbocycles. The van der Waals surface area contributed by atoms with Crippen molar-refractivity contribution in [1.82, 2.24) is 0 Å². The number of nitrogens with one attached hydrogen (secondary N) is 1. The van der Waals surface area contributed by atoms with Gasteiger partial charge in [-0.3, -0.25) is 9.59 Å². The summed E-state index contributed by atoms with van der Waals surface area (Å²) in [7, 11) is 0. The molecule has 6 heteroatoms. The van der Waals surface area contributed by atoms with Crippen LogP contribution in [-0.4, -0.2) is 29.2 Å². The largest absolute Gasteiger partial charge is 0.456 e. The molecule has 1 amide bonds. The van der Waals surface area contributed by atoms with Gasteiger partial charge in [-0.2, -0.15) is 0 Å². The van der Waals surface area contributed by atoms with E-state index in [1.165, 1.54) is 6.42 Å². The molecule has 4 aliphatic rings. The lowest BCUT2D eigenvalue weighted by Crippen LogP contribution is -2.56. The van der Waals surface area contributed by atoms with E-state index < -0.39 is 5.60 Å². The molecule has 26 heavy (non-hydrogen) atoms. The standard InChI is InChI=1S/C20H24BrNO4/c21-15-1-3-16(4-2-15)22-17(23)11-26-18(24)10-19-6-13-5-14(7-19)9-20(25,8-13)12-19/h1-4,13-14,25H,5-12H2,(H,22,23)/t13-,14+,19?,20?. The molecule has 5 rings (SSSR count). The van der Waals surface area contributed by atoms with Gasteiger partial charge in [-0.25, -0.2) is 0 Å². The summed E-state index contributed by atoms with van der Waals surface area (Å²) < 4.78 is 6.16. The van der Waals surface area contributed by atoms with Crippen LogP contribution in [-0.2, 0) is 14.3 Å². The van der Waals surface area contributed by atoms with E-state index in [1.54, 1.807) is 12.1 Å². The average molecular weight is 422 g/mol. The third kappa shape index (κ3) is 3.81. The fourth-order valence-electron chi connectivity index (χ4n) is 5.84. The highest BCUT2D eigenvalue weighted by molar-refractivity contribution is 9.10. The van der Waals surface area contributed by atoms with Gasteiger partial charge in [0.15, 0.2) is 6.61 Å². The zero-order valence-corrected chi connectivity index (χ0v) is 16.3. The van der Waals surface area contributed by atoms with Crippen molar-refractivity contribution in [2.24, 2.45) is 17.3 Å². The van der Waals surface area contributed by atoms with Crippen molar-refractivity contribution in [2.45, 2.75) is 50.5 Å². The molecule has 4 bridgehead atoms. The first kappa shape index (κ1) is 18.0. The fraction of sp³-hybridized carbons (Fsp3) is 0.600. The van der Waals surface area contributed by atoms with Gasteiger partial charge in [-0.15, -0.1) is 0 Å². The quantitative estimate of drug-likeness (QED) is 0.711. The predicted octanol–water partition coefficient (Wildman–Crippen LogP) is 3.65. The van der Waals surface area contributed by atoms with E-state index in [0.717, 1.165) is 30.2 Å². The average Bonchev–Trinajstić information content (AvgIpc) is 2.52. The molecule has 4 saturated carbocycles. The molecule has 4 aliphatic carbocycles. The van der Waals surface area contributed by atoms with Crippen LogP contribution in [0.3, 0.4) is 0 Å². The molecule has 0 saturated heterocycles. The lowest BCUT2D eigenvalue weighted by molar-refractivity contribution is -0.177. The molecule has 2 N–H and O–H groups in total. The summed E-state index contributed by atoms with van der Waals surface area (Å²) in [4.78, 5) is 24.3. The van der Waals surface area contributed by atoms with E-state index in [-0.39, 0.29) is 23.9 Å². The maximum atomic E-state index is 12.3. The molecule has 5 nitrogen and oxygen atoms in total. The smallest absolute Gasteiger partial charge is 0.306 e. The minimum atomic E-state index is -0.580. The van der Waals surface area contributed by atoms with Crippen LogP contribution in [0.15, 0.2) is 28.7 Å². The summed E-state index contributed by atoms with van der Waals surface area (Å²) in [6.07, 6.45) is 5.99. The van der Waals surface area contributed by atoms with E-state index in [4.69, 9.17) is 4.74 Å². The molecule has 2 unspecified atom stereocenters. The van der Waals surface area contributed by atoms with E-state index in [9.17, 15) is 14.7 Å². The molecule has 0 radical (unpaired) electrons. The predicted molar refractivity (Wildman–Crippen MR) is 100 cm³/mol. The number of carbonyl (C=O) groups excluding carboxylic acids is 2. The minimum absolute atomic E-state index is 0.127. The molecule has 0 aliphatic heterocycles. The third-order valence-corrected chi connectivity index (χ3v) is 6.69. The van der Waals surface area contributed by atoms with Crippen molar-refractivity contribution in [3.05, 3.63) is 28.7 Å². The van der Waals surface area contributed by atoms with Crippen molar-refractivity contribution >= 4 is 33.5 Å². The van der Waals surface area contributed by atoms with Gasteiger partial charge in [0.2, 0.25) is 0 Å². The SMILES string of the molecule is O=C(COC(=O)CC12C[C@@H]3C[C@@H](CC(O)(C3)C1)C2)Nc1ccc(Br)cc1. The number of benzene rings is 1. The Bertz CT molecular complexity index is 703. The summed E-state index contributed by atoms with van der Waals surface area (Å²) in [5.74, 6) is 0.399. The highest BCUT2D eigenvalue weighted by atomic mass is 79.9. The van der Waals surface area contributed by atoms with E-state index in [0.29, 0.717) is 30.4 Å². The Morgan fingerprint density at radius 1 is 1.15 bits per heavy atom. The summed E-state index contributed by atoms with van der Waals surface area (Å²) >= 11 is 3.34. The normalized spacial score (nSPS) is 34.5. The number of esters is 1. The number of anilines is 1. The molecule has 4 fully saturated rings. The fourth-order valence-corrected chi connectivity index (χ4v) is 6.11. The van der Waals surface area contributed by atoms with E-state index in [2.05, 4.69) is 21.2 Å². The van der Waals surface area contributed by atoms with Gasteiger partial charge in [0.05, 0.1) is 12.0 Å². The molecular weight excluding hydrogens is 398 g/mol. The second-order valence-electron chi connectivity index (χ2n) is 8.58. The highest BCUT2D eigenvalue weighted by Gasteiger charge is 2.57. The van der Waals surface area contributed by atoms with Gasteiger partial charge in [0.25, 0.3) is 5.91 Å². The zero-order chi connectivity index (χ0) is 18.4. The summed E-state index contributed by atoms with van der Waals surface area (Å²) in [6.45, 7) is -0.276. The van der Waals surface area contributed by atoms with Crippen molar-refractivity contribution in [3.8, 4) is 0 Å². The number of hydrogen-bond acceptors (Lipinski definition) is 4. The van der Waals surface area contributed by atoms with Crippen LogP contribution in [0.4, 0.5) is 5.69 Å². The van der Waals surface area contributed by atoms with Crippen LogP contribution in [0.5, 0.6) is 0 Å². The van der Waals surface area contributed by atoms with Crippen molar-refractivity contribution in [3.63, 3.8) is 0 Å². The van der Waals surface area contributed by atoms with Gasteiger partial charge in [-0.1, -0.05) is 15.9 Å². The summed E-state index contributed by atoms with van der Waals surface area (Å²) in [5.41, 5.74) is -0.0425. The lowest BCUT2D eigenvalue weighted by atomic mass is 9.47. The topological polar surface area (TPSA) is 75.6 Å². The Kier molecular flexibility index (Phi) is 4.59. The van der Waals surface area contributed by atoms with Gasteiger partial charge in [0.1, 0.15) is 0 Å². The number of ether oxygens (including phenoxy) is 1. The second kappa shape index (κ2) is 6.64. The van der Waals surface area contributed by atoms with Gasteiger partial charge >= 0.3 is 5.97 Å². The second-order valence-corrected chi connectivity index (χ2v) is 9.49. The third-order valence-electron chi connectivity index (χ3n) is 6.16. The van der Waals surface area contributed by atoms with Crippen LogP contribution in [0.25, 0.3) is 0 Å². The number of halogens is 1. The number of aliphatic hydroxyl groups is 1. The number of amides is 1. The number of rotatable bonds is 5. The first-order valence-corrected chi connectivity index (χ1v) is 10.1. The van der Waals surface area contributed by atoms with E-state index >= 15 is 0 Å². The molecular formula is C20H24BrNO4. The Morgan fingerprint density at radius 2 is 1.81 bits per heavy atom.